The number of rotatable bonds is 5. The fourth-order valence-corrected chi connectivity index (χ4v) is 3.95. The zero-order chi connectivity index (χ0) is 19.4. The highest BCUT2D eigenvalue weighted by Crippen LogP contribution is 2.33. The molecule has 0 saturated carbocycles. The molecule has 27 heavy (non-hydrogen) atoms. The molecule has 3 aromatic rings. The molecular formula is C20H15ClO5S. The van der Waals surface area contributed by atoms with Crippen molar-refractivity contribution < 1.29 is 22.1 Å². The van der Waals surface area contributed by atoms with Crippen LogP contribution in [0.2, 0.25) is 5.02 Å². The molecular weight excluding hydrogens is 388 g/mol. The summed E-state index contributed by atoms with van der Waals surface area (Å²) in [6.07, 6.45) is 0. The van der Waals surface area contributed by atoms with E-state index in [1.54, 1.807) is 24.3 Å². The number of hydrogen-bond acceptors (Lipinski definition) is 5. The van der Waals surface area contributed by atoms with Crippen molar-refractivity contribution in [2.45, 2.75) is 4.90 Å². The van der Waals surface area contributed by atoms with Crippen molar-refractivity contribution in [3.05, 3.63) is 83.4 Å². The first-order chi connectivity index (χ1) is 12.9. The molecule has 0 aliphatic rings. The Morgan fingerprint density at radius 3 is 2.30 bits per heavy atom. The second kappa shape index (κ2) is 7.82. The molecule has 3 rings (SSSR count). The van der Waals surface area contributed by atoms with Crippen LogP contribution in [-0.2, 0) is 14.9 Å². The Hall–Kier alpha value is -2.83. The van der Waals surface area contributed by atoms with Crippen LogP contribution in [0.25, 0.3) is 11.1 Å². The molecule has 3 aromatic carbocycles. The van der Waals surface area contributed by atoms with Crippen molar-refractivity contribution in [1.29, 1.82) is 0 Å². The van der Waals surface area contributed by atoms with Crippen LogP contribution in [0.4, 0.5) is 0 Å². The lowest BCUT2D eigenvalue weighted by molar-refractivity contribution is 0.0600. The molecule has 0 unspecified atom stereocenters. The van der Waals surface area contributed by atoms with Gasteiger partial charge in [-0.1, -0.05) is 60.1 Å². The first kappa shape index (κ1) is 18.9. The maximum atomic E-state index is 12.8. The third-order valence-electron chi connectivity index (χ3n) is 3.79. The minimum atomic E-state index is -4.28. The Bertz CT molecular complexity index is 1080. The molecule has 5 nitrogen and oxygen atoms in total. The van der Waals surface area contributed by atoms with Gasteiger partial charge >= 0.3 is 16.1 Å². The molecule has 0 heterocycles. The lowest BCUT2D eigenvalue weighted by Crippen LogP contribution is -2.12. The summed E-state index contributed by atoms with van der Waals surface area (Å²) >= 11 is 6.04. The molecule has 0 aliphatic heterocycles. The first-order valence-corrected chi connectivity index (χ1v) is 9.68. The number of carbonyl (C=O) groups is 1. The number of hydrogen-bond donors (Lipinski definition) is 0. The maximum Gasteiger partial charge on any atom is 0.340 e. The normalized spacial score (nSPS) is 11.0. The van der Waals surface area contributed by atoms with E-state index < -0.39 is 16.1 Å². The van der Waals surface area contributed by atoms with E-state index in [2.05, 4.69) is 4.74 Å². The molecule has 0 fully saturated rings. The van der Waals surface area contributed by atoms with Crippen LogP contribution in [-0.4, -0.2) is 21.5 Å². The van der Waals surface area contributed by atoms with E-state index >= 15 is 0 Å². The summed E-state index contributed by atoms with van der Waals surface area (Å²) in [5.41, 5.74) is 1.47. The maximum absolute atomic E-state index is 12.8. The summed E-state index contributed by atoms with van der Waals surface area (Å²) in [5, 5.41) is -0.0557. The van der Waals surface area contributed by atoms with Crippen molar-refractivity contribution >= 4 is 27.7 Å². The summed E-state index contributed by atoms with van der Waals surface area (Å²) in [4.78, 5) is 11.4. The van der Waals surface area contributed by atoms with Crippen LogP contribution >= 0.6 is 11.6 Å². The second-order valence-corrected chi connectivity index (χ2v) is 7.46. The zero-order valence-electron chi connectivity index (χ0n) is 14.3. The largest absolute Gasteiger partial charge is 0.465 e. The first-order valence-electron chi connectivity index (χ1n) is 7.89. The number of ether oxygens (including phenoxy) is 1. The lowest BCUT2D eigenvalue weighted by Gasteiger charge is -2.13. The molecule has 0 aromatic heterocycles. The number of benzene rings is 3. The summed E-state index contributed by atoms with van der Waals surface area (Å²) < 4.78 is 35.6. The number of methoxy groups -OCH3 is 1. The molecule has 0 amide bonds. The minimum absolute atomic E-state index is 0.0557. The number of para-hydroxylation sites is 1. The van der Waals surface area contributed by atoms with Gasteiger partial charge in [-0.15, -0.1) is 0 Å². The van der Waals surface area contributed by atoms with Crippen LogP contribution in [0.3, 0.4) is 0 Å². The average Bonchev–Trinajstić information content (AvgIpc) is 2.68. The molecule has 7 heteroatoms. The van der Waals surface area contributed by atoms with E-state index in [-0.39, 0.29) is 21.2 Å². The molecule has 0 spiro atoms. The van der Waals surface area contributed by atoms with E-state index in [1.807, 2.05) is 30.3 Å². The fraction of sp³-hybridized carbons (Fsp3) is 0.0500. The Labute approximate surface area is 162 Å². The van der Waals surface area contributed by atoms with E-state index in [1.165, 1.54) is 19.2 Å². The Balaban J connectivity index is 2.03. The van der Waals surface area contributed by atoms with Gasteiger partial charge < -0.3 is 8.92 Å². The fourth-order valence-electron chi connectivity index (χ4n) is 2.50. The van der Waals surface area contributed by atoms with Gasteiger partial charge in [0.2, 0.25) is 0 Å². The summed E-state index contributed by atoms with van der Waals surface area (Å²) in [6, 6.07) is 19.8. The van der Waals surface area contributed by atoms with Crippen molar-refractivity contribution in [1.82, 2.24) is 0 Å². The van der Waals surface area contributed by atoms with E-state index in [0.29, 0.717) is 5.56 Å². The second-order valence-electron chi connectivity index (χ2n) is 5.54. The van der Waals surface area contributed by atoms with Crippen LogP contribution in [0.5, 0.6) is 5.75 Å². The van der Waals surface area contributed by atoms with E-state index in [0.717, 1.165) is 11.6 Å². The lowest BCUT2D eigenvalue weighted by atomic mass is 10.1. The predicted molar refractivity (Wildman–Crippen MR) is 102 cm³/mol. The van der Waals surface area contributed by atoms with Crippen molar-refractivity contribution in [2.75, 3.05) is 7.11 Å². The van der Waals surface area contributed by atoms with Crippen molar-refractivity contribution in [2.24, 2.45) is 0 Å². The van der Waals surface area contributed by atoms with Crippen LogP contribution in [0, 0.1) is 0 Å². The van der Waals surface area contributed by atoms with Crippen LogP contribution in [0.1, 0.15) is 10.4 Å². The highest BCUT2D eigenvalue weighted by atomic mass is 35.5. The van der Waals surface area contributed by atoms with E-state index in [4.69, 9.17) is 15.8 Å². The molecule has 0 N–H and O–H groups in total. The Morgan fingerprint density at radius 1 is 0.926 bits per heavy atom. The van der Waals surface area contributed by atoms with Crippen molar-refractivity contribution in [3.8, 4) is 16.9 Å². The standard InChI is InChI=1S/C20H15ClO5S/c1-25-20(22)15-11-12-17(21)19(13-15)27(23,24)26-18-10-6-5-9-16(18)14-7-3-2-4-8-14/h2-13H,1H3. The third kappa shape index (κ3) is 4.13. The minimum Gasteiger partial charge on any atom is -0.465 e. The quantitative estimate of drug-likeness (QED) is 0.462. The van der Waals surface area contributed by atoms with Gasteiger partial charge in [0, 0.05) is 5.56 Å². The summed E-state index contributed by atoms with van der Waals surface area (Å²) in [7, 11) is -3.07. The van der Waals surface area contributed by atoms with Crippen molar-refractivity contribution in [3.63, 3.8) is 0 Å². The smallest absolute Gasteiger partial charge is 0.340 e. The van der Waals surface area contributed by atoms with Gasteiger partial charge in [0.15, 0.2) is 5.75 Å². The third-order valence-corrected chi connectivity index (χ3v) is 5.51. The average molecular weight is 403 g/mol. The number of halogens is 1. The monoisotopic (exact) mass is 402 g/mol. The summed E-state index contributed by atoms with van der Waals surface area (Å²) in [6.45, 7) is 0. The van der Waals surface area contributed by atoms with Gasteiger partial charge in [0.1, 0.15) is 4.90 Å². The van der Waals surface area contributed by atoms with Gasteiger partial charge in [-0.2, -0.15) is 8.42 Å². The number of carbonyl (C=O) groups excluding carboxylic acids is 1. The molecule has 0 saturated heterocycles. The van der Waals surface area contributed by atoms with Gasteiger partial charge in [0.05, 0.1) is 17.7 Å². The molecule has 138 valence electrons. The van der Waals surface area contributed by atoms with E-state index in [9.17, 15) is 13.2 Å². The van der Waals surface area contributed by atoms with Gasteiger partial charge in [-0.25, -0.2) is 4.79 Å². The predicted octanol–water partition coefficient (Wildman–Crippen LogP) is 4.56. The van der Waals surface area contributed by atoms with Crippen LogP contribution < -0.4 is 4.18 Å². The zero-order valence-corrected chi connectivity index (χ0v) is 15.8. The van der Waals surface area contributed by atoms with Gasteiger partial charge in [0.25, 0.3) is 0 Å². The molecule has 0 aliphatic carbocycles. The molecule has 0 radical (unpaired) electrons. The summed E-state index contributed by atoms with van der Waals surface area (Å²) in [5.74, 6) is -0.518. The number of esters is 1. The molecule has 0 bridgehead atoms. The van der Waals surface area contributed by atoms with Gasteiger partial charge in [-0.05, 0) is 29.8 Å². The SMILES string of the molecule is COC(=O)c1ccc(Cl)c(S(=O)(=O)Oc2ccccc2-c2ccccc2)c1. The Morgan fingerprint density at radius 2 is 1.59 bits per heavy atom. The highest BCUT2D eigenvalue weighted by molar-refractivity contribution is 7.87. The van der Waals surface area contributed by atoms with Crippen LogP contribution in [0.15, 0.2) is 77.7 Å². The Kier molecular flexibility index (Phi) is 5.48. The van der Waals surface area contributed by atoms with Gasteiger partial charge in [-0.3, -0.25) is 0 Å². The topological polar surface area (TPSA) is 69.7 Å². The molecule has 0 atom stereocenters. The highest BCUT2D eigenvalue weighted by Gasteiger charge is 2.24.